The molecule has 0 nitrogen and oxygen atoms in total. The van der Waals surface area contributed by atoms with Gasteiger partial charge in [-0.2, -0.15) is 0 Å². The van der Waals surface area contributed by atoms with Crippen molar-refractivity contribution in [1.29, 1.82) is 0 Å². The van der Waals surface area contributed by atoms with E-state index in [1.807, 2.05) is 26.8 Å². The van der Waals surface area contributed by atoms with Crippen molar-refractivity contribution < 1.29 is 4.39 Å². The van der Waals surface area contributed by atoms with Crippen molar-refractivity contribution in [2.45, 2.75) is 34.1 Å². The highest BCUT2D eigenvalue weighted by Crippen LogP contribution is 2.17. The summed E-state index contributed by atoms with van der Waals surface area (Å²) in [6, 6.07) is 0. The Morgan fingerprint density at radius 1 is 1.40 bits per heavy atom. The van der Waals surface area contributed by atoms with Gasteiger partial charge in [0.15, 0.2) is 0 Å². The molecule has 0 amide bonds. The fraction of sp³-hybridized carbons (Fsp3) is 0.556. The van der Waals surface area contributed by atoms with Crippen molar-refractivity contribution in [2.75, 3.05) is 0 Å². The Balaban J connectivity index is 4.48. The Morgan fingerprint density at radius 3 is 2.00 bits per heavy atom. The number of hydrogen-bond acceptors (Lipinski definition) is 0. The van der Waals surface area contributed by atoms with E-state index >= 15 is 0 Å². The lowest BCUT2D eigenvalue weighted by atomic mass is 10.1. The largest absolute Gasteiger partial charge is 0.212 e. The molecule has 0 spiro atoms. The third-order valence-corrected chi connectivity index (χ3v) is 1.73. The summed E-state index contributed by atoms with van der Waals surface area (Å²) < 4.78 is 12.6. The summed E-state index contributed by atoms with van der Waals surface area (Å²) in [6.07, 6.45) is 2.86. The van der Waals surface area contributed by atoms with E-state index in [9.17, 15) is 4.39 Å². The van der Waals surface area contributed by atoms with Crippen molar-refractivity contribution in [2.24, 2.45) is 0 Å². The number of halogens is 1. The van der Waals surface area contributed by atoms with Crippen molar-refractivity contribution in [3.8, 4) is 0 Å². The summed E-state index contributed by atoms with van der Waals surface area (Å²) in [6.45, 7) is 7.27. The zero-order valence-electron chi connectivity index (χ0n) is 7.16. The first-order valence-electron chi connectivity index (χ1n) is 3.62. The van der Waals surface area contributed by atoms with Crippen LogP contribution in [-0.4, -0.2) is 0 Å². The maximum absolute atomic E-state index is 12.6. The second-order valence-corrected chi connectivity index (χ2v) is 2.33. The molecule has 0 radical (unpaired) electrons. The normalized spacial score (nSPS) is 15.1. The Hall–Kier alpha value is -0.590. The maximum atomic E-state index is 12.6. The summed E-state index contributed by atoms with van der Waals surface area (Å²) in [5.74, 6) is -0.0741. The van der Waals surface area contributed by atoms with Gasteiger partial charge in [-0.15, -0.1) is 0 Å². The van der Waals surface area contributed by atoms with Crippen molar-refractivity contribution in [3.63, 3.8) is 0 Å². The van der Waals surface area contributed by atoms with Gasteiger partial charge in [0.05, 0.1) is 5.83 Å². The monoisotopic (exact) mass is 142 g/mol. The van der Waals surface area contributed by atoms with Crippen LogP contribution in [0.1, 0.15) is 34.1 Å². The average Bonchev–Trinajstić information content (AvgIpc) is 1.90. The van der Waals surface area contributed by atoms with E-state index in [2.05, 4.69) is 0 Å². The van der Waals surface area contributed by atoms with E-state index in [0.717, 1.165) is 17.6 Å². The fourth-order valence-electron chi connectivity index (χ4n) is 0.907. The topological polar surface area (TPSA) is 0 Å². The summed E-state index contributed by atoms with van der Waals surface area (Å²) in [4.78, 5) is 0. The molecule has 1 heteroatoms. The molecule has 0 aliphatic rings. The van der Waals surface area contributed by atoms with Gasteiger partial charge in [-0.1, -0.05) is 13.0 Å². The Kier molecular flexibility index (Phi) is 4.01. The molecule has 10 heavy (non-hydrogen) atoms. The molecule has 0 aliphatic heterocycles. The van der Waals surface area contributed by atoms with Gasteiger partial charge in [0, 0.05) is 0 Å². The van der Waals surface area contributed by atoms with Gasteiger partial charge >= 0.3 is 0 Å². The van der Waals surface area contributed by atoms with Crippen molar-refractivity contribution in [3.05, 3.63) is 23.0 Å². The van der Waals surface area contributed by atoms with Crippen LogP contribution in [-0.2, 0) is 0 Å². The molecule has 0 aromatic heterocycles. The smallest absolute Gasteiger partial charge is 0.1000 e. The molecule has 0 fully saturated rings. The molecule has 0 rings (SSSR count). The fourth-order valence-corrected chi connectivity index (χ4v) is 0.907. The summed E-state index contributed by atoms with van der Waals surface area (Å²) >= 11 is 0. The second kappa shape index (κ2) is 4.26. The van der Waals surface area contributed by atoms with Crippen molar-refractivity contribution >= 4 is 0 Å². The third-order valence-electron chi connectivity index (χ3n) is 1.73. The van der Waals surface area contributed by atoms with Crippen LogP contribution in [0.5, 0.6) is 0 Å². The molecule has 0 unspecified atom stereocenters. The molecule has 0 aromatic carbocycles. The lowest BCUT2D eigenvalue weighted by Gasteiger charge is -2.03. The van der Waals surface area contributed by atoms with Gasteiger partial charge < -0.3 is 0 Å². The Bertz CT molecular complexity index is 160. The van der Waals surface area contributed by atoms with Crippen LogP contribution in [0.3, 0.4) is 0 Å². The third kappa shape index (κ3) is 2.34. The predicted octanol–water partition coefficient (Wildman–Crippen LogP) is 3.61. The predicted molar refractivity (Wildman–Crippen MR) is 43.5 cm³/mol. The van der Waals surface area contributed by atoms with E-state index in [1.165, 1.54) is 6.92 Å². The first-order chi connectivity index (χ1) is 4.63. The van der Waals surface area contributed by atoms with Crippen LogP contribution in [0.25, 0.3) is 0 Å². The van der Waals surface area contributed by atoms with Gasteiger partial charge in [0.1, 0.15) is 0 Å². The van der Waals surface area contributed by atoms with Crippen LogP contribution < -0.4 is 0 Å². The zero-order valence-corrected chi connectivity index (χ0v) is 7.16. The SMILES string of the molecule is C/C=C(CC)/C(C)=C(\C)F. The maximum Gasteiger partial charge on any atom is 0.1000 e. The van der Waals surface area contributed by atoms with E-state index < -0.39 is 0 Å². The zero-order chi connectivity index (χ0) is 8.15. The average molecular weight is 142 g/mol. The molecule has 0 saturated heterocycles. The lowest BCUT2D eigenvalue weighted by molar-refractivity contribution is 0.628. The molecule has 0 bridgehead atoms. The molecule has 0 N–H and O–H groups in total. The molecule has 0 heterocycles. The summed E-state index contributed by atoms with van der Waals surface area (Å²) in [5, 5.41) is 0. The van der Waals surface area contributed by atoms with Crippen LogP contribution in [0, 0.1) is 0 Å². The minimum atomic E-state index is -0.0741. The highest BCUT2D eigenvalue weighted by molar-refractivity contribution is 5.29. The van der Waals surface area contributed by atoms with Crippen LogP contribution in [0.15, 0.2) is 23.0 Å². The molecule has 0 saturated carbocycles. The molecule has 0 atom stereocenters. The highest BCUT2D eigenvalue weighted by Gasteiger charge is 1.98. The molecule has 58 valence electrons. The standard InChI is InChI=1S/C9H15F/c1-5-9(6-2)7(3)8(4)10/h5H,6H2,1-4H3/b8-7+,9-5+. The van der Waals surface area contributed by atoms with E-state index in [0.29, 0.717) is 0 Å². The van der Waals surface area contributed by atoms with E-state index in [1.54, 1.807) is 0 Å². The molecule has 0 aromatic rings. The number of rotatable bonds is 2. The van der Waals surface area contributed by atoms with Crippen LogP contribution in [0.2, 0.25) is 0 Å². The highest BCUT2D eigenvalue weighted by atomic mass is 19.1. The second-order valence-electron chi connectivity index (χ2n) is 2.33. The van der Waals surface area contributed by atoms with Crippen LogP contribution in [0.4, 0.5) is 4.39 Å². The Morgan fingerprint density at radius 2 is 1.90 bits per heavy atom. The first-order valence-corrected chi connectivity index (χ1v) is 3.62. The minimum absolute atomic E-state index is 0.0741. The minimum Gasteiger partial charge on any atom is -0.212 e. The van der Waals surface area contributed by atoms with Gasteiger partial charge in [0.25, 0.3) is 0 Å². The first kappa shape index (κ1) is 9.41. The summed E-state index contributed by atoms with van der Waals surface area (Å²) in [5.41, 5.74) is 1.88. The van der Waals surface area contributed by atoms with Crippen molar-refractivity contribution in [1.82, 2.24) is 0 Å². The molecular weight excluding hydrogens is 127 g/mol. The van der Waals surface area contributed by atoms with Gasteiger partial charge in [-0.25, -0.2) is 4.39 Å². The molecular formula is C9H15F. The lowest BCUT2D eigenvalue weighted by Crippen LogP contribution is -1.84. The number of hydrogen-bond donors (Lipinski definition) is 0. The van der Waals surface area contributed by atoms with E-state index in [4.69, 9.17) is 0 Å². The van der Waals surface area contributed by atoms with Gasteiger partial charge in [-0.05, 0) is 38.3 Å². The van der Waals surface area contributed by atoms with Gasteiger partial charge in [0.2, 0.25) is 0 Å². The van der Waals surface area contributed by atoms with E-state index in [-0.39, 0.29) is 5.83 Å². The van der Waals surface area contributed by atoms with Crippen LogP contribution >= 0.6 is 0 Å². The Labute approximate surface area is 62.4 Å². The molecule has 0 aliphatic carbocycles. The quantitative estimate of drug-likeness (QED) is 0.517. The van der Waals surface area contributed by atoms with Gasteiger partial charge in [-0.3, -0.25) is 0 Å². The number of allylic oxidation sites excluding steroid dienone is 4. The summed E-state index contributed by atoms with van der Waals surface area (Å²) in [7, 11) is 0.